The third-order valence-electron chi connectivity index (χ3n) is 7.24. The van der Waals surface area contributed by atoms with Crippen molar-refractivity contribution in [2.75, 3.05) is 13.7 Å². The summed E-state index contributed by atoms with van der Waals surface area (Å²) in [6, 6.07) is 28.4. The third kappa shape index (κ3) is 8.64. The number of benzene rings is 3. The van der Waals surface area contributed by atoms with Gasteiger partial charge in [-0.25, -0.2) is 4.39 Å². The zero-order valence-electron chi connectivity index (χ0n) is 25.1. The summed E-state index contributed by atoms with van der Waals surface area (Å²) in [6.45, 7) is 11.4. The summed E-state index contributed by atoms with van der Waals surface area (Å²) in [5.41, 5.74) is 1.02. The molecule has 3 rings (SSSR count). The van der Waals surface area contributed by atoms with Gasteiger partial charge in [0, 0.05) is 18.4 Å². The quantitative estimate of drug-likeness (QED) is 0.154. The van der Waals surface area contributed by atoms with Gasteiger partial charge >= 0.3 is 0 Å². The van der Waals surface area contributed by atoms with Crippen molar-refractivity contribution < 1.29 is 23.4 Å². The first kappa shape index (κ1) is 32.3. The molecule has 0 saturated heterocycles. The molecule has 4 nitrogen and oxygen atoms in total. The lowest BCUT2D eigenvalue weighted by atomic mass is 10.0. The zero-order chi connectivity index (χ0) is 29.9. The van der Waals surface area contributed by atoms with Crippen molar-refractivity contribution in [3.05, 3.63) is 102 Å². The van der Waals surface area contributed by atoms with Crippen LogP contribution in [0.25, 0.3) is 0 Å². The van der Waals surface area contributed by atoms with E-state index in [9.17, 15) is 5.11 Å². The molecule has 3 aromatic rings. The first-order valence-electron chi connectivity index (χ1n) is 14.1. The maximum absolute atomic E-state index is 15.0. The van der Waals surface area contributed by atoms with Gasteiger partial charge in [-0.3, -0.25) is 0 Å². The molecule has 0 spiro atoms. The molecule has 3 atom stereocenters. The van der Waals surface area contributed by atoms with E-state index in [-0.39, 0.29) is 17.1 Å². The minimum absolute atomic E-state index is 0.188. The number of methoxy groups -OCH3 is 1. The molecular weight excluding hydrogens is 531 g/mol. The smallest absolute Gasteiger partial charge is 0.261 e. The van der Waals surface area contributed by atoms with Crippen LogP contribution in [0, 0.1) is 17.8 Å². The van der Waals surface area contributed by atoms with Crippen molar-refractivity contribution >= 4 is 18.7 Å². The molecule has 0 saturated carbocycles. The van der Waals surface area contributed by atoms with E-state index in [0.717, 1.165) is 11.3 Å². The van der Waals surface area contributed by atoms with Crippen LogP contribution in [-0.2, 0) is 15.8 Å². The molecule has 0 heterocycles. The van der Waals surface area contributed by atoms with Crippen LogP contribution in [0.2, 0.25) is 5.04 Å². The van der Waals surface area contributed by atoms with Crippen LogP contribution in [0.1, 0.15) is 46.6 Å². The SMILES string of the molecule is COc1ccc(COCCC#CC(O)C(F)=CC(C)C(C)O[Si](c2ccccc2)(c2ccccc2)C(C)(C)C)cc1. The van der Waals surface area contributed by atoms with E-state index in [1.165, 1.54) is 16.4 Å². The predicted octanol–water partition coefficient (Wildman–Crippen LogP) is 6.42. The fraction of sp³-hybridized carbons (Fsp3) is 0.371. The minimum atomic E-state index is -2.78. The Morgan fingerprint density at radius 1 is 0.927 bits per heavy atom. The molecule has 3 unspecified atom stereocenters. The summed E-state index contributed by atoms with van der Waals surface area (Å²) in [6.07, 6.45) is 0.0310. The molecule has 218 valence electrons. The normalized spacial score (nSPS) is 14.5. The van der Waals surface area contributed by atoms with Crippen LogP contribution in [0.15, 0.2) is 96.8 Å². The van der Waals surface area contributed by atoms with Crippen LogP contribution in [0.5, 0.6) is 5.75 Å². The number of hydrogen-bond acceptors (Lipinski definition) is 4. The van der Waals surface area contributed by atoms with Crippen molar-refractivity contribution in [2.24, 2.45) is 5.92 Å². The molecule has 0 aliphatic carbocycles. The Balaban J connectivity index is 1.65. The lowest BCUT2D eigenvalue weighted by molar-refractivity contribution is 0.126. The van der Waals surface area contributed by atoms with Crippen molar-refractivity contribution in [3.8, 4) is 17.6 Å². The van der Waals surface area contributed by atoms with E-state index in [1.54, 1.807) is 7.11 Å². The fourth-order valence-electron chi connectivity index (χ4n) is 4.83. The molecule has 3 aromatic carbocycles. The standard InChI is InChI=1S/C35H43FO4Si/c1-27(25-33(36)34(37)19-13-14-24-39-26-29-20-22-30(38-6)23-21-29)28(2)40-41(35(3,4)5,31-15-9-7-10-16-31)32-17-11-8-12-18-32/h7-12,15-18,20-23,25,27-28,34,37H,14,24,26H2,1-6H3. The average Bonchev–Trinajstić information content (AvgIpc) is 2.97. The molecule has 0 radical (unpaired) electrons. The largest absolute Gasteiger partial charge is 0.497 e. The van der Waals surface area contributed by atoms with E-state index in [0.29, 0.717) is 19.6 Å². The Hall–Kier alpha value is -3.21. The lowest BCUT2D eigenvalue weighted by Crippen LogP contribution is -2.67. The van der Waals surface area contributed by atoms with Gasteiger partial charge < -0.3 is 19.0 Å². The Morgan fingerprint density at radius 3 is 2.00 bits per heavy atom. The second kappa shape index (κ2) is 15.1. The Bertz CT molecular complexity index is 1250. The van der Waals surface area contributed by atoms with Crippen LogP contribution >= 0.6 is 0 Å². The molecule has 0 fully saturated rings. The third-order valence-corrected chi connectivity index (χ3v) is 12.4. The van der Waals surface area contributed by atoms with Gasteiger partial charge in [0.05, 0.1) is 20.3 Å². The van der Waals surface area contributed by atoms with E-state index in [1.807, 2.05) is 74.5 Å². The lowest BCUT2D eigenvalue weighted by Gasteiger charge is -2.45. The summed E-state index contributed by atoms with van der Waals surface area (Å²) >= 11 is 0. The van der Waals surface area contributed by atoms with Gasteiger partial charge in [-0.15, -0.1) is 0 Å². The van der Waals surface area contributed by atoms with Crippen LogP contribution in [0.3, 0.4) is 0 Å². The summed E-state index contributed by atoms with van der Waals surface area (Å²) in [5.74, 6) is 5.26. The van der Waals surface area contributed by atoms with Gasteiger partial charge in [0.2, 0.25) is 0 Å². The minimum Gasteiger partial charge on any atom is -0.497 e. The zero-order valence-corrected chi connectivity index (χ0v) is 26.1. The highest BCUT2D eigenvalue weighted by Crippen LogP contribution is 2.38. The monoisotopic (exact) mass is 574 g/mol. The van der Waals surface area contributed by atoms with Crippen molar-refractivity contribution in [1.29, 1.82) is 0 Å². The topological polar surface area (TPSA) is 47.9 Å². The van der Waals surface area contributed by atoms with Gasteiger partial charge in [0.1, 0.15) is 11.6 Å². The average molecular weight is 575 g/mol. The van der Waals surface area contributed by atoms with E-state index >= 15 is 4.39 Å². The molecule has 0 aliphatic rings. The summed E-state index contributed by atoms with van der Waals surface area (Å²) in [4.78, 5) is 0. The Morgan fingerprint density at radius 2 is 1.49 bits per heavy atom. The maximum atomic E-state index is 15.0. The molecule has 6 heteroatoms. The highest BCUT2D eigenvalue weighted by Gasteiger charge is 2.51. The Labute approximate surface area is 246 Å². The number of aliphatic hydroxyl groups excluding tert-OH is 1. The maximum Gasteiger partial charge on any atom is 0.261 e. The fourth-order valence-corrected chi connectivity index (χ4v) is 9.62. The first-order chi connectivity index (χ1) is 19.6. The molecule has 0 amide bonds. The van der Waals surface area contributed by atoms with Crippen LogP contribution in [0.4, 0.5) is 4.39 Å². The van der Waals surface area contributed by atoms with Gasteiger partial charge in [-0.05, 0) is 46.1 Å². The molecule has 1 N–H and O–H groups in total. The number of aliphatic hydroxyl groups is 1. The van der Waals surface area contributed by atoms with Crippen LogP contribution < -0.4 is 15.1 Å². The van der Waals surface area contributed by atoms with Crippen LogP contribution in [-0.4, -0.2) is 39.3 Å². The highest BCUT2D eigenvalue weighted by atomic mass is 28.4. The van der Waals surface area contributed by atoms with Gasteiger partial charge in [-0.2, -0.15) is 0 Å². The van der Waals surface area contributed by atoms with Gasteiger partial charge in [-0.1, -0.05) is 112 Å². The number of rotatable bonds is 12. The summed E-state index contributed by atoms with van der Waals surface area (Å²) in [5, 5.41) is 12.5. The van der Waals surface area contributed by atoms with Crippen molar-refractivity contribution in [1.82, 2.24) is 0 Å². The van der Waals surface area contributed by atoms with E-state index < -0.39 is 20.2 Å². The first-order valence-corrected chi connectivity index (χ1v) is 16.0. The van der Waals surface area contributed by atoms with Crippen molar-refractivity contribution in [3.63, 3.8) is 0 Å². The number of halogens is 1. The van der Waals surface area contributed by atoms with Gasteiger partial charge in [0.25, 0.3) is 8.32 Å². The summed E-state index contributed by atoms with van der Waals surface area (Å²) < 4.78 is 32.9. The second-order valence-electron chi connectivity index (χ2n) is 11.3. The van der Waals surface area contributed by atoms with E-state index in [4.69, 9.17) is 13.9 Å². The summed E-state index contributed by atoms with van der Waals surface area (Å²) in [7, 11) is -1.15. The molecule has 0 aromatic heterocycles. The second-order valence-corrected chi connectivity index (χ2v) is 15.5. The van der Waals surface area contributed by atoms with Gasteiger partial charge in [0.15, 0.2) is 6.10 Å². The van der Waals surface area contributed by atoms with Crippen molar-refractivity contribution in [2.45, 2.75) is 64.9 Å². The number of ether oxygens (including phenoxy) is 2. The molecule has 0 aliphatic heterocycles. The number of hydrogen-bond donors (Lipinski definition) is 1. The molecule has 41 heavy (non-hydrogen) atoms. The highest BCUT2D eigenvalue weighted by molar-refractivity contribution is 6.99. The predicted molar refractivity (Wildman–Crippen MR) is 168 cm³/mol. The molecule has 0 bridgehead atoms. The van der Waals surface area contributed by atoms with E-state index in [2.05, 4.69) is 56.9 Å². The molecular formula is C35H43FO4Si. The Kier molecular flexibility index (Phi) is 11.9.